The standard InChI is InChI=1S/C29H31Cl2N3O3/c1-20-17-33(19-29(2,36)22-6-10-24(32-3)11-7-22)18-28(21-4-8-23(30)9-5-21)34(20)27-13-12-25(16-26(27)31)37-15-14-35/h4-13,16,20,28,35-36H,14-15,17-19H2,1-2H3/t20-,28-,29+/m0/s1. The molecule has 1 aliphatic heterocycles. The topological polar surface area (TPSA) is 60.5 Å². The lowest BCUT2D eigenvalue weighted by Crippen LogP contribution is -2.56. The van der Waals surface area contributed by atoms with E-state index >= 15 is 0 Å². The van der Waals surface area contributed by atoms with Crippen LogP contribution >= 0.6 is 23.2 Å². The van der Waals surface area contributed by atoms with Gasteiger partial charge in [0, 0.05) is 36.8 Å². The zero-order valence-electron chi connectivity index (χ0n) is 20.9. The number of rotatable bonds is 8. The molecule has 0 saturated carbocycles. The first kappa shape index (κ1) is 27.3. The Labute approximate surface area is 228 Å². The molecule has 2 N–H and O–H groups in total. The fraction of sp³-hybridized carbons (Fsp3) is 0.345. The molecule has 0 spiro atoms. The van der Waals surface area contributed by atoms with E-state index in [1.54, 1.807) is 18.2 Å². The fourth-order valence-electron chi connectivity index (χ4n) is 5.03. The van der Waals surface area contributed by atoms with Crippen LogP contribution in [0.15, 0.2) is 66.7 Å². The van der Waals surface area contributed by atoms with Crippen LogP contribution in [-0.2, 0) is 5.60 Å². The lowest BCUT2D eigenvalue weighted by atomic mass is 9.92. The molecular formula is C29H31Cl2N3O3. The van der Waals surface area contributed by atoms with Crippen LogP contribution < -0.4 is 9.64 Å². The van der Waals surface area contributed by atoms with Gasteiger partial charge in [-0.15, -0.1) is 0 Å². The number of β-amino-alcohol motifs (C(OH)–C–C–N with tert-alkyl or cyclic N) is 1. The van der Waals surface area contributed by atoms with Crippen molar-refractivity contribution in [3.63, 3.8) is 0 Å². The van der Waals surface area contributed by atoms with E-state index in [0.717, 1.165) is 23.4 Å². The highest BCUT2D eigenvalue weighted by Crippen LogP contribution is 2.40. The minimum Gasteiger partial charge on any atom is -0.491 e. The maximum absolute atomic E-state index is 11.4. The number of hydrogen-bond donors (Lipinski definition) is 2. The first-order valence-electron chi connectivity index (χ1n) is 12.2. The molecular weight excluding hydrogens is 509 g/mol. The van der Waals surface area contributed by atoms with Gasteiger partial charge in [0.2, 0.25) is 0 Å². The van der Waals surface area contributed by atoms with Crippen molar-refractivity contribution in [3.8, 4) is 5.75 Å². The van der Waals surface area contributed by atoms with Gasteiger partial charge in [0.25, 0.3) is 0 Å². The molecule has 0 bridgehead atoms. The number of aliphatic hydroxyl groups excluding tert-OH is 1. The number of aliphatic hydroxyl groups is 2. The number of nitrogens with zero attached hydrogens (tertiary/aromatic N) is 3. The monoisotopic (exact) mass is 539 g/mol. The van der Waals surface area contributed by atoms with Crippen LogP contribution in [0, 0.1) is 6.57 Å². The average Bonchev–Trinajstić information content (AvgIpc) is 2.88. The third-order valence-corrected chi connectivity index (χ3v) is 7.28. The van der Waals surface area contributed by atoms with Crippen LogP contribution in [0.2, 0.25) is 10.0 Å². The Balaban J connectivity index is 1.63. The molecule has 0 unspecified atom stereocenters. The second kappa shape index (κ2) is 11.7. The lowest BCUT2D eigenvalue weighted by Gasteiger charge is -2.49. The van der Waals surface area contributed by atoms with E-state index in [-0.39, 0.29) is 25.3 Å². The maximum Gasteiger partial charge on any atom is 0.187 e. The third kappa shape index (κ3) is 6.38. The third-order valence-electron chi connectivity index (χ3n) is 6.73. The summed E-state index contributed by atoms with van der Waals surface area (Å²) in [4.78, 5) is 8.04. The van der Waals surface area contributed by atoms with Gasteiger partial charge in [0.1, 0.15) is 12.4 Å². The first-order chi connectivity index (χ1) is 17.7. The zero-order valence-corrected chi connectivity index (χ0v) is 22.5. The molecule has 6 nitrogen and oxygen atoms in total. The van der Waals surface area contributed by atoms with Gasteiger partial charge >= 0.3 is 0 Å². The van der Waals surface area contributed by atoms with Gasteiger partial charge in [-0.25, -0.2) is 4.85 Å². The van der Waals surface area contributed by atoms with Gasteiger partial charge in [0.05, 0.1) is 35.5 Å². The Bertz CT molecular complexity index is 1240. The van der Waals surface area contributed by atoms with Gasteiger partial charge in [0.15, 0.2) is 5.69 Å². The summed E-state index contributed by atoms with van der Waals surface area (Å²) in [7, 11) is 0. The molecule has 1 aliphatic rings. The Morgan fingerprint density at radius 2 is 1.76 bits per heavy atom. The van der Waals surface area contributed by atoms with E-state index < -0.39 is 5.60 Å². The molecule has 0 radical (unpaired) electrons. The molecule has 1 heterocycles. The molecule has 1 fully saturated rings. The summed E-state index contributed by atoms with van der Waals surface area (Å²) in [5.74, 6) is 0.609. The van der Waals surface area contributed by atoms with Crippen LogP contribution in [0.5, 0.6) is 5.75 Å². The predicted molar refractivity (Wildman–Crippen MR) is 149 cm³/mol. The highest BCUT2D eigenvalue weighted by molar-refractivity contribution is 6.33. The minimum atomic E-state index is -1.09. The van der Waals surface area contributed by atoms with Crippen molar-refractivity contribution in [1.29, 1.82) is 0 Å². The second-order valence-corrected chi connectivity index (χ2v) is 10.5. The van der Waals surface area contributed by atoms with Crippen molar-refractivity contribution in [2.45, 2.75) is 31.5 Å². The fourth-order valence-corrected chi connectivity index (χ4v) is 5.43. The van der Waals surface area contributed by atoms with Crippen LogP contribution in [0.3, 0.4) is 0 Å². The van der Waals surface area contributed by atoms with E-state index in [2.05, 4.69) is 21.6 Å². The van der Waals surface area contributed by atoms with Crippen molar-refractivity contribution in [3.05, 3.63) is 99.3 Å². The Hall–Kier alpha value is -2.79. The number of anilines is 1. The number of ether oxygens (including phenoxy) is 1. The molecule has 0 amide bonds. The lowest BCUT2D eigenvalue weighted by molar-refractivity contribution is 0.00638. The Morgan fingerprint density at radius 1 is 1.05 bits per heavy atom. The molecule has 3 aromatic rings. The summed E-state index contributed by atoms with van der Waals surface area (Å²) in [5.41, 5.74) is 2.23. The predicted octanol–water partition coefficient (Wildman–Crippen LogP) is 6.07. The molecule has 4 rings (SSSR count). The number of halogens is 2. The van der Waals surface area contributed by atoms with Crippen LogP contribution in [0.25, 0.3) is 4.85 Å². The van der Waals surface area contributed by atoms with Crippen molar-refractivity contribution < 1.29 is 14.9 Å². The largest absolute Gasteiger partial charge is 0.491 e. The van der Waals surface area contributed by atoms with Gasteiger partial charge < -0.3 is 19.8 Å². The molecule has 0 aliphatic carbocycles. The summed E-state index contributed by atoms with van der Waals surface area (Å²) in [6, 6.07) is 20.6. The van der Waals surface area contributed by atoms with Crippen molar-refractivity contribution in [2.75, 3.05) is 37.7 Å². The molecule has 3 aromatic carbocycles. The van der Waals surface area contributed by atoms with E-state index in [0.29, 0.717) is 34.6 Å². The van der Waals surface area contributed by atoms with Gasteiger partial charge in [-0.3, -0.25) is 4.90 Å². The summed E-state index contributed by atoms with van der Waals surface area (Å²) in [6.07, 6.45) is 0. The zero-order chi connectivity index (χ0) is 26.6. The van der Waals surface area contributed by atoms with Crippen molar-refractivity contribution >= 4 is 34.6 Å². The van der Waals surface area contributed by atoms with Crippen molar-refractivity contribution in [1.82, 2.24) is 4.90 Å². The van der Waals surface area contributed by atoms with E-state index in [1.807, 2.05) is 55.5 Å². The van der Waals surface area contributed by atoms with Gasteiger partial charge in [-0.1, -0.05) is 59.6 Å². The first-order valence-corrected chi connectivity index (χ1v) is 13.0. The Kier molecular flexibility index (Phi) is 8.63. The molecule has 37 heavy (non-hydrogen) atoms. The van der Waals surface area contributed by atoms with E-state index in [1.165, 1.54) is 0 Å². The van der Waals surface area contributed by atoms with E-state index in [4.69, 9.17) is 39.6 Å². The van der Waals surface area contributed by atoms with Gasteiger partial charge in [-0.05, 0) is 49.2 Å². The van der Waals surface area contributed by atoms with Crippen LogP contribution in [0.4, 0.5) is 11.4 Å². The normalized spacial score (nSPS) is 19.8. The smallest absolute Gasteiger partial charge is 0.187 e. The number of hydrogen-bond acceptors (Lipinski definition) is 5. The SMILES string of the molecule is [C-]#[N+]c1ccc([C@](C)(O)CN2C[C@H](C)N(c3ccc(OCCO)cc3Cl)[C@H](c3ccc(Cl)cc3)C2)cc1. The van der Waals surface area contributed by atoms with E-state index in [9.17, 15) is 5.11 Å². The number of piperazine rings is 1. The minimum absolute atomic E-state index is 0.0389. The van der Waals surface area contributed by atoms with Crippen LogP contribution in [0.1, 0.15) is 31.0 Å². The van der Waals surface area contributed by atoms with Gasteiger partial charge in [-0.2, -0.15) is 0 Å². The second-order valence-electron chi connectivity index (χ2n) is 9.64. The highest BCUT2D eigenvalue weighted by Gasteiger charge is 2.37. The molecule has 194 valence electrons. The quantitative estimate of drug-likeness (QED) is 0.340. The molecule has 3 atom stereocenters. The van der Waals surface area contributed by atoms with Crippen molar-refractivity contribution in [2.24, 2.45) is 0 Å². The number of benzene rings is 3. The summed E-state index contributed by atoms with van der Waals surface area (Å²) < 4.78 is 5.54. The molecule has 1 saturated heterocycles. The molecule has 8 heteroatoms. The average molecular weight is 540 g/mol. The molecule has 0 aromatic heterocycles. The summed E-state index contributed by atoms with van der Waals surface area (Å²) >= 11 is 12.9. The van der Waals surface area contributed by atoms with Crippen LogP contribution in [-0.4, -0.2) is 54.0 Å². The summed E-state index contributed by atoms with van der Waals surface area (Å²) in [5, 5.41) is 21.7. The summed E-state index contributed by atoms with van der Waals surface area (Å²) in [6.45, 7) is 13.1. The Morgan fingerprint density at radius 3 is 2.38 bits per heavy atom. The highest BCUT2D eigenvalue weighted by atomic mass is 35.5. The maximum atomic E-state index is 11.4.